The van der Waals surface area contributed by atoms with Crippen LogP contribution in [0.4, 0.5) is 0 Å². The second-order valence-corrected chi connectivity index (χ2v) is 3.29. The van der Waals surface area contributed by atoms with E-state index in [0.29, 0.717) is 11.0 Å². The lowest BCUT2D eigenvalue weighted by molar-refractivity contribution is -0.137. The van der Waals surface area contributed by atoms with E-state index in [-0.39, 0.29) is 12.2 Å². The molecule has 0 fully saturated rings. The molecule has 2 rings (SSSR count). The second-order valence-electron chi connectivity index (χ2n) is 3.29. The molecule has 7 heteroatoms. The van der Waals surface area contributed by atoms with Crippen LogP contribution in [-0.2, 0) is 16.1 Å². The molecule has 0 spiro atoms. The van der Waals surface area contributed by atoms with Crippen molar-refractivity contribution >= 4 is 23.0 Å². The van der Waals surface area contributed by atoms with Gasteiger partial charge in [0, 0.05) is 6.20 Å². The molecule has 0 saturated carbocycles. The van der Waals surface area contributed by atoms with Gasteiger partial charge in [0.05, 0.1) is 12.5 Å². The third-order valence-corrected chi connectivity index (χ3v) is 2.24. The predicted octanol–water partition coefficient (Wildman–Crippen LogP) is 0.303. The number of carboxylic acid groups (broad SMARTS) is 1. The zero-order valence-corrected chi connectivity index (χ0v) is 8.95. The summed E-state index contributed by atoms with van der Waals surface area (Å²) < 4.78 is 6.00. The highest BCUT2D eigenvalue weighted by atomic mass is 16.5. The summed E-state index contributed by atoms with van der Waals surface area (Å²) in [7, 11) is 1.25. The van der Waals surface area contributed by atoms with Crippen LogP contribution in [0.3, 0.4) is 0 Å². The van der Waals surface area contributed by atoms with Gasteiger partial charge < -0.3 is 14.4 Å². The third kappa shape index (κ3) is 1.94. The van der Waals surface area contributed by atoms with Crippen molar-refractivity contribution in [2.24, 2.45) is 0 Å². The molecule has 0 unspecified atom stereocenters. The molecule has 0 aliphatic heterocycles. The van der Waals surface area contributed by atoms with Gasteiger partial charge in [-0.3, -0.25) is 4.79 Å². The molecular weight excluding hydrogens is 226 g/mol. The van der Waals surface area contributed by atoms with E-state index in [1.54, 1.807) is 12.3 Å². The Morgan fingerprint density at radius 3 is 2.88 bits per heavy atom. The Bertz CT molecular complexity index is 590. The van der Waals surface area contributed by atoms with Gasteiger partial charge in [-0.2, -0.15) is 0 Å². The van der Waals surface area contributed by atoms with Crippen molar-refractivity contribution in [3.63, 3.8) is 0 Å². The summed E-state index contributed by atoms with van der Waals surface area (Å²) in [5.74, 6) is -1.56. The zero-order chi connectivity index (χ0) is 12.4. The molecule has 2 aromatic heterocycles. The minimum Gasteiger partial charge on any atom is -0.480 e. The van der Waals surface area contributed by atoms with Gasteiger partial charge in [0.2, 0.25) is 0 Å². The summed E-state index contributed by atoms with van der Waals surface area (Å²) in [5, 5.41) is 9.19. The number of nitrogens with zero attached hydrogens (tertiary/aromatic N) is 3. The van der Waals surface area contributed by atoms with Crippen LogP contribution in [0.1, 0.15) is 10.5 Å². The molecule has 0 radical (unpaired) electrons. The number of esters is 1. The number of aliphatic carboxylic acids is 1. The Morgan fingerprint density at radius 2 is 2.24 bits per heavy atom. The van der Waals surface area contributed by atoms with E-state index in [4.69, 9.17) is 5.11 Å². The molecule has 17 heavy (non-hydrogen) atoms. The Kier molecular flexibility index (Phi) is 2.73. The topological polar surface area (TPSA) is 94.3 Å². The SMILES string of the molecule is COC(=O)c1ncnc2c1ccn2CC(=O)O. The number of rotatable bonds is 3. The van der Waals surface area contributed by atoms with Gasteiger partial charge in [-0.1, -0.05) is 0 Å². The molecule has 1 N–H and O–H groups in total. The standard InChI is InChI=1S/C10H9N3O4/c1-17-10(16)8-6-2-3-13(4-7(14)15)9(6)12-5-11-8/h2-3,5H,4H2,1H3,(H,14,15). The molecule has 0 atom stereocenters. The summed E-state index contributed by atoms with van der Waals surface area (Å²) in [6.45, 7) is -0.221. The number of methoxy groups -OCH3 is 1. The second kappa shape index (κ2) is 4.20. The quantitative estimate of drug-likeness (QED) is 0.769. The van der Waals surface area contributed by atoms with Crippen molar-refractivity contribution in [3.05, 3.63) is 24.3 Å². The first-order chi connectivity index (χ1) is 8.13. The Labute approximate surface area is 95.7 Å². The average Bonchev–Trinajstić information content (AvgIpc) is 2.71. The van der Waals surface area contributed by atoms with Crippen LogP contribution >= 0.6 is 0 Å². The molecule has 88 valence electrons. The Balaban J connectivity index is 2.56. The maximum Gasteiger partial charge on any atom is 0.357 e. The highest BCUT2D eigenvalue weighted by Crippen LogP contribution is 2.16. The van der Waals surface area contributed by atoms with Gasteiger partial charge in [-0.15, -0.1) is 0 Å². The van der Waals surface area contributed by atoms with E-state index >= 15 is 0 Å². The summed E-state index contributed by atoms with van der Waals surface area (Å²) in [6, 6.07) is 1.59. The first-order valence-corrected chi connectivity index (χ1v) is 4.73. The fourth-order valence-corrected chi connectivity index (χ4v) is 1.54. The normalized spacial score (nSPS) is 10.4. The van der Waals surface area contributed by atoms with E-state index in [2.05, 4.69) is 14.7 Å². The first kappa shape index (κ1) is 11.1. The number of carbonyl (C=O) groups excluding carboxylic acids is 1. The minimum atomic E-state index is -0.985. The van der Waals surface area contributed by atoms with E-state index in [9.17, 15) is 9.59 Å². The lowest BCUT2D eigenvalue weighted by atomic mass is 10.3. The molecule has 2 heterocycles. The Morgan fingerprint density at radius 1 is 1.47 bits per heavy atom. The van der Waals surface area contributed by atoms with Crippen LogP contribution in [0.2, 0.25) is 0 Å². The van der Waals surface area contributed by atoms with E-state index in [0.717, 1.165) is 0 Å². The van der Waals surface area contributed by atoms with Crippen molar-refractivity contribution in [1.82, 2.24) is 14.5 Å². The number of hydrogen-bond donors (Lipinski definition) is 1. The average molecular weight is 235 g/mol. The van der Waals surface area contributed by atoms with Crippen LogP contribution in [0, 0.1) is 0 Å². The van der Waals surface area contributed by atoms with Gasteiger partial charge in [-0.05, 0) is 6.07 Å². The first-order valence-electron chi connectivity index (χ1n) is 4.73. The Hall–Kier alpha value is -2.44. The zero-order valence-electron chi connectivity index (χ0n) is 8.95. The van der Waals surface area contributed by atoms with Crippen LogP contribution in [0.25, 0.3) is 11.0 Å². The van der Waals surface area contributed by atoms with Crippen molar-refractivity contribution in [2.45, 2.75) is 6.54 Å². The monoisotopic (exact) mass is 235 g/mol. The lowest BCUT2D eigenvalue weighted by Gasteiger charge is -2.02. The summed E-state index contributed by atoms with van der Waals surface area (Å²) >= 11 is 0. The van der Waals surface area contributed by atoms with Crippen LogP contribution in [0.15, 0.2) is 18.6 Å². The predicted molar refractivity (Wildman–Crippen MR) is 56.5 cm³/mol. The van der Waals surface area contributed by atoms with Crippen LogP contribution in [-0.4, -0.2) is 38.7 Å². The largest absolute Gasteiger partial charge is 0.480 e. The van der Waals surface area contributed by atoms with Crippen LogP contribution < -0.4 is 0 Å². The van der Waals surface area contributed by atoms with Crippen molar-refractivity contribution < 1.29 is 19.4 Å². The van der Waals surface area contributed by atoms with E-state index < -0.39 is 11.9 Å². The molecule has 0 aromatic carbocycles. The molecule has 7 nitrogen and oxygen atoms in total. The highest BCUT2D eigenvalue weighted by Gasteiger charge is 2.15. The number of aromatic nitrogens is 3. The molecule has 0 aliphatic rings. The maximum absolute atomic E-state index is 11.4. The van der Waals surface area contributed by atoms with Gasteiger partial charge in [0.25, 0.3) is 0 Å². The number of ether oxygens (including phenoxy) is 1. The maximum atomic E-state index is 11.4. The third-order valence-electron chi connectivity index (χ3n) is 2.24. The highest BCUT2D eigenvalue weighted by molar-refractivity contribution is 6.00. The number of hydrogen-bond acceptors (Lipinski definition) is 5. The van der Waals surface area contributed by atoms with Crippen molar-refractivity contribution in [1.29, 1.82) is 0 Å². The molecule has 0 bridgehead atoms. The smallest absolute Gasteiger partial charge is 0.357 e. The number of carbonyl (C=O) groups is 2. The fourth-order valence-electron chi connectivity index (χ4n) is 1.54. The molecule has 2 aromatic rings. The number of carboxylic acids is 1. The molecule has 0 aliphatic carbocycles. The van der Waals surface area contributed by atoms with Gasteiger partial charge in [-0.25, -0.2) is 14.8 Å². The summed E-state index contributed by atoms with van der Waals surface area (Å²) in [4.78, 5) is 29.8. The minimum absolute atomic E-state index is 0.127. The van der Waals surface area contributed by atoms with Crippen molar-refractivity contribution in [3.8, 4) is 0 Å². The summed E-state index contributed by atoms with van der Waals surface area (Å²) in [5.41, 5.74) is 0.518. The summed E-state index contributed by atoms with van der Waals surface area (Å²) in [6.07, 6.45) is 2.74. The molecule has 0 saturated heterocycles. The van der Waals surface area contributed by atoms with Crippen LogP contribution in [0.5, 0.6) is 0 Å². The lowest BCUT2D eigenvalue weighted by Crippen LogP contribution is -2.09. The van der Waals surface area contributed by atoms with Gasteiger partial charge >= 0.3 is 11.9 Å². The fraction of sp³-hybridized carbons (Fsp3) is 0.200. The van der Waals surface area contributed by atoms with Crippen molar-refractivity contribution in [2.75, 3.05) is 7.11 Å². The van der Waals surface area contributed by atoms with Gasteiger partial charge in [0.1, 0.15) is 18.5 Å². The van der Waals surface area contributed by atoms with E-state index in [1.807, 2.05) is 0 Å². The molecular formula is C10H9N3O4. The number of fused-ring (bicyclic) bond motifs is 1. The van der Waals surface area contributed by atoms with E-state index in [1.165, 1.54) is 18.0 Å². The van der Waals surface area contributed by atoms with Gasteiger partial charge in [0.15, 0.2) is 5.69 Å². The molecule has 0 amide bonds.